The highest BCUT2D eigenvalue weighted by Crippen LogP contribution is 2.30. The topological polar surface area (TPSA) is 42.0 Å². The fourth-order valence-corrected chi connectivity index (χ4v) is 4.08. The summed E-state index contributed by atoms with van der Waals surface area (Å²) in [6.45, 7) is 2.06. The minimum Gasteiger partial charge on any atom is -0.302 e. The van der Waals surface area contributed by atoms with E-state index in [2.05, 4.69) is 41.5 Å². The van der Waals surface area contributed by atoms with E-state index in [1.807, 2.05) is 12.1 Å². The smallest absolute Gasteiger partial charge is 0.226 e. The van der Waals surface area contributed by atoms with Gasteiger partial charge in [0.15, 0.2) is 5.13 Å². The summed E-state index contributed by atoms with van der Waals surface area (Å²) in [4.78, 5) is 17.6. The van der Waals surface area contributed by atoms with Crippen molar-refractivity contribution in [2.75, 3.05) is 11.1 Å². The first-order valence-corrected chi connectivity index (χ1v) is 9.34. The molecule has 2 aromatic carbocycles. The average molecular weight is 363 g/mol. The number of nitrogens with zero attached hydrogens (tertiary/aromatic N) is 1. The van der Waals surface area contributed by atoms with Gasteiger partial charge in [0.25, 0.3) is 0 Å². The lowest BCUT2D eigenvalue weighted by atomic mass is 10.2. The van der Waals surface area contributed by atoms with E-state index in [-0.39, 0.29) is 5.91 Å². The van der Waals surface area contributed by atoms with Gasteiger partial charge < -0.3 is 5.32 Å². The number of carbonyl (C=O) groups excluding carboxylic acids is 1. The van der Waals surface area contributed by atoms with Crippen LogP contribution < -0.4 is 5.32 Å². The molecule has 23 heavy (non-hydrogen) atoms. The highest BCUT2D eigenvalue weighted by molar-refractivity contribution is 7.99. The van der Waals surface area contributed by atoms with Crippen LogP contribution in [-0.4, -0.2) is 16.6 Å². The van der Waals surface area contributed by atoms with Crippen LogP contribution in [0.25, 0.3) is 10.2 Å². The molecule has 0 spiro atoms. The Morgan fingerprint density at radius 2 is 2.04 bits per heavy atom. The molecule has 1 aromatic heterocycles. The highest BCUT2D eigenvalue weighted by Gasteiger charge is 2.09. The number of thioether (sulfide) groups is 1. The van der Waals surface area contributed by atoms with Crippen LogP contribution in [0.1, 0.15) is 12.0 Å². The molecular weight excluding hydrogens is 348 g/mol. The van der Waals surface area contributed by atoms with Gasteiger partial charge in [-0.2, -0.15) is 0 Å². The minimum atomic E-state index is -0.0280. The number of rotatable bonds is 5. The number of carbonyl (C=O) groups is 1. The third-order valence-corrected chi connectivity index (χ3v) is 5.49. The number of hydrogen-bond donors (Lipinski definition) is 1. The first-order chi connectivity index (χ1) is 11.1. The zero-order valence-corrected chi connectivity index (χ0v) is 14.9. The second-order valence-corrected chi connectivity index (χ2v) is 7.67. The highest BCUT2D eigenvalue weighted by atomic mass is 35.5. The second kappa shape index (κ2) is 7.34. The number of anilines is 1. The Hall–Kier alpha value is -1.56. The van der Waals surface area contributed by atoms with Gasteiger partial charge in [0, 0.05) is 17.1 Å². The SMILES string of the molecule is Cc1ccc(SCCC(=O)Nc2nc3c(Cl)cccc3s2)cc1. The Balaban J connectivity index is 1.54. The van der Waals surface area contributed by atoms with E-state index < -0.39 is 0 Å². The number of nitrogens with one attached hydrogen (secondary N) is 1. The van der Waals surface area contributed by atoms with Crippen LogP contribution in [0.5, 0.6) is 0 Å². The molecule has 118 valence electrons. The Morgan fingerprint density at radius 3 is 2.78 bits per heavy atom. The Morgan fingerprint density at radius 1 is 1.26 bits per heavy atom. The first kappa shape index (κ1) is 16.3. The quantitative estimate of drug-likeness (QED) is 0.619. The number of para-hydroxylation sites is 1. The molecule has 1 N–H and O–H groups in total. The molecule has 0 saturated carbocycles. The molecule has 3 aromatic rings. The number of fused-ring (bicyclic) bond motifs is 1. The standard InChI is InChI=1S/C17H15ClN2OS2/c1-11-5-7-12(8-6-11)22-10-9-15(21)19-17-20-16-13(18)3-2-4-14(16)23-17/h2-8H,9-10H2,1H3,(H,19,20,21). The van der Waals surface area contributed by atoms with Crippen LogP contribution in [0.15, 0.2) is 47.4 Å². The van der Waals surface area contributed by atoms with E-state index in [4.69, 9.17) is 11.6 Å². The van der Waals surface area contributed by atoms with Crippen LogP contribution in [-0.2, 0) is 4.79 Å². The molecule has 0 aliphatic rings. The largest absolute Gasteiger partial charge is 0.302 e. The maximum absolute atomic E-state index is 12.0. The molecule has 0 unspecified atom stereocenters. The van der Waals surface area contributed by atoms with Crippen molar-refractivity contribution in [2.24, 2.45) is 0 Å². The zero-order valence-electron chi connectivity index (χ0n) is 12.5. The lowest BCUT2D eigenvalue weighted by molar-refractivity contribution is -0.115. The minimum absolute atomic E-state index is 0.0280. The molecule has 0 radical (unpaired) electrons. The summed E-state index contributed by atoms with van der Waals surface area (Å²) in [5, 5.41) is 4.05. The van der Waals surface area contributed by atoms with Gasteiger partial charge in [-0.05, 0) is 31.2 Å². The number of benzene rings is 2. The molecule has 3 nitrogen and oxygen atoms in total. The van der Waals surface area contributed by atoms with Crippen LogP contribution in [0.4, 0.5) is 5.13 Å². The summed E-state index contributed by atoms with van der Waals surface area (Å²) in [7, 11) is 0. The van der Waals surface area contributed by atoms with Gasteiger partial charge in [-0.25, -0.2) is 4.98 Å². The molecule has 0 fully saturated rings. The van der Waals surface area contributed by atoms with Gasteiger partial charge in [-0.3, -0.25) is 4.79 Å². The zero-order chi connectivity index (χ0) is 16.2. The van der Waals surface area contributed by atoms with Crippen molar-refractivity contribution in [3.8, 4) is 0 Å². The van der Waals surface area contributed by atoms with E-state index >= 15 is 0 Å². The summed E-state index contributed by atoms with van der Waals surface area (Å²) in [6, 6.07) is 13.9. The summed E-state index contributed by atoms with van der Waals surface area (Å²) in [5.74, 6) is 0.709. The van der Waals surface area contributed by atoms with Gasteiger partial charge in [0.2, 0.25) is 5.91 Å². The lowest BCUT2D eigenvalue weighted by Gasteiger charge is -2.02. The summed E-state index contributed by atoms with van der Waals surface area (Å²) < 4.78 is 0.974. The van der Waals surface area contributed by atoms with Gasteiger partial charge >= 0.3 is 0 Å². The normalized spacial score (nSPS) is 10.9. The van der Waals surface area contributed by atoms with Crippen molar-refractivity contribution in [2.45, 2.75) is 18.2 Å². The Labute approximate surface area is 148 Å². The van der Waals surface area contributed by atoms with Crippen LogP contribution in [0.2, 0.25) is 5.02 Å². The van der Waals surface area contributed by atoms with Crippen molar-refractivity contribution < 1.29 is 4.79 Å². The Kier molecular flexibility index (Phi) is 5.20. The molecule has 1 amide bonds. The predicted molar refractivity (Wildman–Crippen MR) is 99.8 cm³/mol. The molecule has 0 atom stereocenters. The summed E-state index contributed by atoms with van der Waals surface area (Å²) in [6.07, 6.45) is 0.447. The molecule has 0 aliphatic carbocycles. The fraction of sp³-hybridized carbons (Fsp3) is 0.176. The fourth-order valence-electron chi connectivity index (χ4n) is 2.05. The van der Waals surface area contributed by atoms with E-state index in [1.54, 1.807) is 17.8 Å². The van der Waals surface area contributed by atoms with Gasteiger partial charge in [-0.1, -0.05) is 46.7 Å². The lowest BCUT2D eigenvalue weighted by Crippen LogP contribution is -2.11. The molecular formula is C17H15ClN2OS2. The van der Waals surface area contributed by atoms with Crippen molar-refractivity contribution in [1.29, 1.82) is 0 Å². The van der Waals surface area contributed by atoms with Crippen molar-refractivity contribution >= 4 is 56.0 Å². The third-order valence-electron chi connectivity index (χ3n) is 3.23. The molecule has 6 heteroatoms. The van der Waals surface area contributed by atoms with E-state index in [0.717, 1.165) is 16.0 Å². The molecule has 3 rings (SSSR count). The molecule has 0 bridgehead atoms. The summed E-state index contributed by atoms with van der Waals surface area (Å²) in [5.41, 5.74) is 1.98. The molecule has 1 heterocycles. The molecule has 0 saturated heterocycles. The van der Waals surface area contributed by atoms with Crippen molar-refractivity contribution in [1.82, 2.24) is 4.98 Å². The maximum atomic E-state index is 12.0. The van der Waals surface area contributed by atoms with Crippen molar-refractivity contribution in [3.63, 3.8) is 0 Å². The van der Waals surface area contributed by atoms with Crippen molar-refractivity contribution in [3.05, 3.63) is 53.1 Å². The van der Waals surface area contributed by atoms with Crippen LogP contribution in [0, 0.1) is 6.92 Å². The monoisotopic (exact) mass is 362 g/mol. The van der Waals surface area contributed by atoms with E-state index in [9.17, 15) is 4.79 Å². The maximum Gasteiger partial charge on any atom is 0.226 e. The number of aromatic nitrogens is 1. The third kappa shape index (κ3) is 4.25. The van der Waals surface area contributed by atoms with Gasteiger partial charge in [-0.15, -0.1) is 11.8 Å². The Bertz CT molecular complexity index is 830. The first-order valence-electron chi connectivity index (χ1n) is 7.16. The number of halogens is 1. The number of thiazole rings is 1. The number of amides is 1. The van der Waals surface area contributed by atoms with E-state index in [1.165, 1.54) is 21.8 Å². The second-order valence-electron chi connectivity index (χ2n) is 5.07. The number of hydrogen-bond acceptors (Lipinski definition) is 4. The van der Waals surface area contributed by atoms with Gasteiger partial charge in [0.05, 0.1) is 9.72 Å². The van der Waals surface area contributed by atoms with Gasteiger partial charge in [0.1, 0.15) is 5.52 Å². The van der Waals surface area contributed by atoms with Crippen LogP contribution >= 0.6 is 34.7 Å². The average Bonchev–Trinajstić information content (AvgIpc) is 2.93. The summed E-state index contributed by atoms with van der Waals surface area (Å²) >= 11 is 9.21. The van der Waals surface area contributed by atoms with E-state index in [0.29, 0.717) is 16.6 Å². The number of aryl methyl sites for hydroxylation is 1. The van der Waals surface area contributed by atoms with Crippen LogP contribution in [0.3, 0.4) is 0 Å². The molecule has 0 aliphatic heterocycles. The predicted octanol–water partition coefficient (Wildman–Crippen LogP) is 5.38.